The van der Waals surface area contributed by atoms with Gasteiger partial charge in [-0.15, -0.1) is 0 Å². The Morgan fingerprint density at radius 1 is 1.06 bits per heavy atom. The van der Waals surface area contributed by atoms with E-state index in [9.17, 15) is 4.79 Å². The molecule has 1 aliphatic rings. The molecule has 1 unspecified atom stereocenters. The summed E-state index contributed by atoms with van der Waals surface area (Å²) in [5, 5.41) is 0. The maximum atomic E-state index is 12.1. The molecule has 0 spiro atoms. The molecule has 2 heteroatoms. The second kappa shape index (κ2) is 8.68. The maximum Gasteiger partial charge on any atom is 0.164 e. The average Bonchev–Trinajstić information content (AvgIpc) is 2.38. The second-order valence-electron chi connectivity index (χ2n) is 5.83. The van der Waals surface area contributed by atoms with Gasteiger partial charge in [0.25, 0.3) is 0 Å². The van der Waals surface area contributed by atoms with E-state index in [0.29, 0.717) is 12.2 Å². The molecular formula is C16H30O2. The van der Waals surface area contributed by atoms with Gasteiger partial charge in [-0.1, -0.05) is 45.4 Å². The largest absolute Gasteiger partial charge is 0.368 e. The van der Waals surface area contributed by atoms with E-state index in [-0.39, 0.29) is 0 Å². The van der Waals surface area contributed by atoms with Crippen LogP contribution < -0.4 is 0 Å². The molecule has 0 aromatic rings. The third-order valence-electron chi connectivity index (χ3n) is 4.07. The molecule has 0 N–H and O–H groups in total. The van der Waals surface area contributed by atoms with Crippen LogP contribution >= 0.6 is 0 Å². The van der Waals surface area contributed by atoms with Gasteiger partial charge in [0.15, 0.2) is 5.78 Å². The molecule has 0 aliphatic carbocycles. The summed E-state index contributed by atoms with van der Waals surface area (Å²) in [7, 11) is 0. The highest BCUT2D eigenvalue weighted by atomic mass is 16.5. The quantitative estimate of drug-likeness (QED) is 0.560. The van der Waals surface area contributed by atoms with Crippen LogP contribution in [-0.2, 0) is 9.53 Å². The van der Waals surface area contributed by atoms with Crippen molar-refractivity contribution in [3.63, 3.8) is 0 Å². The number of ether oxygens (including phenoxy) is 1. The molecule has 0 saturated carbocycles. The Labute approximate surface area is 112 Å². The van der Waals surface area contributed by atoms with Crippen LogP contribution in [0.25, 0.3) is 0 Å². The molecule has 2 nitrogen and oxygen atoms in total. The summed E-state index contributed by atoms with van der Waals surface area (Å²) >= 11 is 0. The summed E-state index contributed by atoms with van der Waals surface area (Å²) in [4.78, 5) is 12.1. The zero-order valence-electron chi connectivity index (χ0n) is 12.3. The van der Waals surface area contributed by atoms with E-state index in [4.69, 9.17) is 4.74 Å². The molecule has 0 radical (unpaired) electrons. The summed E-state index contributed by atoms with van der Waals surface area (Å²) in [6, 6.07) is 0. The molecule has 1 heterocycles. The molecular weight excluding hydrogens is 224 g/mol. The number of rotatable bonds is 9. The summed E-state index contributed by atoms with van der Waals surface area (Å²) in [5.41, 5.74) is -0.458. The van der Waals surface area contributed by atoms with E-state index in [0.717, 1.165) is 32.3 Å². The van der Waals surface area contributed by atoms with Crippen molar-refractivity contribution < 1.29 is 9.53 Å². The second-order valence-corrected chi connectivity index (χ2v) is 5.83. The van der Waals surface area contributed by atoms with Gasteiger partial charge in [-0.05, 0) is 32.6 Å². The van der Waals surface area contributed by atoms with Crippen LogP contribution in [0.5, 0.6) is 0 Å². The molecule has 106 valence electrons. The number of carbonyl (C=O) groups is 1. The van der Waals surface area contributed by atoms with Crippen LogP contribution in [0.15, 0.2) is 0 Å². The van der Waals surface area contributed by atoms with Crippen molar-refractivity contribution in [3.05, 3.63) is 0 Å². The van der Waals surface area contributed by atoms with Crippen LogP contribution in [0.1, 0.15) is 84.5 Å². The first-order valence-electron chi connectivity index (χ1n) is 7.86. The van der Waals surface area contributed by atoms with Crippen LogP contribution in [0.3, 0.4) is 0 Å². The van der Waals surface area contributed by atoms with Gasteiger partial charge in [-0.25, -0.2) is 0 Å². The number of ketones is 1. The predicted molar refractivity (Wildman–Crippen MR) is 75.8 cm³/mol. The molecule has 18 heavy (non-hydrogen) atoms. The zero-order chi connectivity index (χ0) is 13.3. The Balaban J connectivity index is 2.05. The van der Waals surface area contributed by atoms with Crippen molar-refractivity contribution in [2.45, 2.75) is 90.1 Å². The molecule has 1 aliphatic heterocycles. The van der Waals surface area contributed by atoms with E-state index >= 15 is 0 Å². The number of carbonyl (C=O) groups excluding carboxylic acids is 1. The Morgan fingerprint density at radius 2 is 1.72 bits per heavy atom. The lowest BCUT2D eigenvalue weighted by atomic mass is 9.89. The number of unbranched alkanes of at least 4 members (excludes halogenated alkanes) is 6. The van der Waals surface area contributed by atoms with Gasteiger partial charge >= 0.3 is 0 Å². The van der Waals surface area contributed by atoms with Crippen molar-refractivity contribution in [2.75, 3.05) is 6.61 Å². The van der Waals surface area contributed by atoms with Crippen molar-refractivity contribution >= 4 is 5.78 Å². The van der Waals surface area contributed by atoms with Crippen LogP contribution in [-0.4, -0.2) is 18.0 Å². The van der Waals surface area contributed by atoms with Crippen LogP contribution in [0.2, 0.25) is 0 Å². The summed E-state index contributed by atoms with van der Waals surface area (Å²) < 4.78 is 5.69. The van der Waals surface area contributed by atoms with E-state index in [1.54, 1.807) is 0 Å². The SMILES string of the molecule is CCCCCCCCCC(=O)C1(C)CCCCO1. The zero-order valence-corrected chi connectivity index (χ0v) is 12.3. The third-order valence-corrected chi connectivity index (χ3v) is 4.07. The first-order chi connectivity index (χ1) is 8.69. The summed E-state index contributed by atoms with van der Waals surface area (Å²) in [5.74, 6) is 0.329. The molecule has 0 aromatic carbocycles. The minimum absolute atomic E-state index is 0.329. The maximum absolute atomic E-state index is 12.1. The Morgan fingerprint density at radius 3 is 2.33 bits per heavy atom. The Hall–Kier alpha value is -0.370. The third kappa shape index (κ3) is 5.51. The normalized spacial score (nSPS) is 24.1. The van der Waals surface area contributed by atoms with Gasteiger partial charge in [0.2, 0.25) is 0 Å². The number of hydrogen-bond donors (Lipinski definition) is 0. The highest BCUT2D eigenvalue weighted by Crippen LogP contribution is 2.27. The van der Waals surface area contributed by atoms with Gasteiger partial charge in [-0.3, -0.25) is 4.79 Å². The lowest BCUT2D eigenvalue weighted by Gasteiger charge is -2.32. The van der Waals surface area contributed by atoms with E-state index < -0.39 is 5.60 Å². The number of hydrogen-bond acceptors (Lipinski definition) is 2. The molecule has 0 aromatic heterocycles. The fourth-order valence-electron chi connectivity index (χ4n) is 2.66. The highest BCUT2D eigenvalue weighted by molar-refractivity contribution is 5.86. The van der Waals surface area contributed by atoms with Gasteiger partial charge in [-0.2, -0.15) is 0 Å². The van der Waals surface area contributed by atoms with E-state index in [1.807, 2.05) is 6.92 Å². The Kier molecular flexibility index (Phi) is 7.57. The number of Topliss-reactive ketones (excluding diaryl/α,β-unsaturated/α-hetero) is 1. The lowest BCUT2D eigenvalue weighted by molar-refractivity contribution is -0.148. The van der Waals surface area contributed by atoms with E-state index in [1.165, 1.54) is 38.5 Å². The molecule has 1 atom stereocenters. The van der Waals surface area contributed by atoms with Gasteiger partial charge in [0.05, 0.1) is 0 Å². The molecule has 1 saturated heterocycles. The first kappa shape index (κ1) is 15.7. The lowest BCUT2D eigenvalue weighted by Crippen LogP contribution is -2.41. The Bertz CT molecular complexity index is 229. The fourth-order valence-corrected chi connectivity index (χ4v) is 2.66. The van der Waals surface area contributed by atoms with Crippen LogP contribution in [0.4, 0.5) is 0 Å². The van der Waals surface area contributed by atoms with Crippen molar-refractivity contribution in [1.29, 1.82) is 0 Å². The summed E-state index contributed by atoms with van der Waals surface area (Å²) in [6.45, 7) is 4.98. The molecule has 0 amide bonds. The van der Waals surface area contributed by atoms with Gasteiger partial charge in [0, 0.05) is 13.0 Å². The molecule has 1 rings (SSSR count). The monoisotopic (exact) mass is 254 g/mol. The van der Waals surface area contributed by atoms with Crippen molar-refractivity contribution in [3.8, 4) is 0 Å². The smallest absolute Gasteiger partial charge is 0.164 e. The van der Waals surface area contributed by atoms with Crippen LogP contribution in [0, 0.1) is 0 Å². The van der Waals surface area contributed by atoms with E-state index in [2.05, 4.69) is 6.92 Å². The molecule has 0 bridgehead atoms. The standard InChI is InChI=1S/C16H30O2/c1-3-4-5-6-7-8-9-12-15(17)16(2)13-10-11-14-18-16/h3-14H2,1-2H3. The first-order valence-corrected chi connectivity index (χ1v) is 7.86. The van der Waals surface area contributed by atoms with Gasteiger partial charge < -0.3 is 4.74 Å². The minimum Gasteiger partial charge on any atom is -0.368 e. The van der Waals surface area contributed by atoms with Gasteiger partial charge in [0.1, 0.15) is 5.60 Å². The average molecular weight is 254 g/mol. The predicted octanol–water partition coefficient (Wildman–Crippen LogP) is 4.66. The molecule has 1 fully saturated rings. The topological polar surface area (TPSA) is 26.3 Å². The summed E-state index contributed by atoms with van der Waals surface area (Å²) in [6.07, 6.45) is 12.7. The van der Waals surface area contributed by atoms with Crippen molar-refractivity contribution in [1.82, 2.24) is 0 Å². The minimum atomic E-state index is -0.458. The fraction of sp³-hybridized carbons (Fsp3) is 0.938. The highest BCUT2D eigenvalue weighted by Gasteiger charge is 2.34. The van der Waals surface area contributed by atoms with Crippen molar-refractivity contribution in [2.24, 2.45) is 0 Å².